The van der Waals surface area contributed by atoms with Crippen LogP contribution in [0.4, 0.5) is 0 Å². The lowest BCUT2D eigenvalue weighted by Gasteiger charge is -2.37. The molecule has 2 heterocycles. The van der Waals surface area contributed by atoms with E-state index >= 15 is 0 Å². The minimum atomic E-state index is -0.00767. The Balaban J connectivity index is 1.71. The van der Waals surface area contributed by atoms with E-state index in [1.54, 1.807) is 0 Å². The van der Waals surface area contributed by atoms with Crippen LogP contribution in [-0.4, -0.2) is 62.5 Å². The summed E-state index contributed by atoms with van der Waals surface area (Å²) in [7, 11) is 0. The standard InChI is InChI=1S/C22H35N3O2/c1-5-23-21(24-16-22(3,4)18-10-7-6-9-17(18)2)25-12-14-27-20(15-25)19-11-8-13-26-19/h6-7,9-10,19-20H,5,8,11-16H2,1-4H3,(H,23,24). The second kappa shape index (κ2) is 9.07. The van der Waals surface area contributed by atoms with Gasteiger partial charge in [-0.15, -0.1) is 0 Å². The van der Waals surface area contributed by atoms with Crippen LogP contribution in [0.3, 0.4) is 0 Å². The first-order chi connectivity index (χ1) is 13.0. The SMILES string of the molecule is CCNC(=NCC(C)(C)c1ccccc1C)N1CCOC(C2CCCO2)C1. The van der Waals surface area contributed by atoms with Crippen molar-refractivity contribution in [2.45, 2.75) is 58.2 Å². The molecule has 0 saturated carbocycles. The van der Waals surface area contributed by atoms with Crippen molar-refractivity contribution in [1.29, 1.82) is 0 Å². The number of ether oxygens (including phenoxy) is 2. The first-order valence-electron chi connectivity index (χ1n) is 10.3. The Morgan fingerprint density at radius 3 is 2.70 bits per heavy atom. The van der Waals surface area contributed by atoms with Crippen LogP contribution < -0.4 is 5.32 Å². The molecule has 5 heteroatoms. The Morgan fingerprint density at radius 1 is 1.22 bits per heavy atom. The van der Waals surface area contributed by atoms with Crippen molar-refractivity contribution in [3.8, 4) is 0 Å². The Morgan fingerprint density at radius 2 is 2.00 bits per heavy atom. The van der Waals surface area contributed by atoms with Crippen molar-refractivity contribution in [3.63, 3.8) is 0 Å². The molecular weight excluding hydrogens is 338 g/mol. The van der Waals surface area contributed by atoms with Crippen LogP contribution in [0.1, 0.15) is 44.7 Å². The van der Waals surface area contributed by atoms with Gasteiger partial charge in [-0.3, -0.25) is 4.99 Å². The third kappa shape index (κ3) is 5.02. The van der Waals surface area contributed by atoms with Crippen LogP contribution in [0.25, 0.3) is 0 Å². The fraction of sp³-hybridized carbons (Fsp3) is 0.682. The zero-order chi connectivity index (χ0) is 19.3. The van der Waals surface area contributed by atoms with Gasteiger partial charge in [0.1, 0.15) is 6.10 Å². The average molecular weight is 374 g/mol. The summed E-state index contributed by atoms with van der Waals surface area (Å²) in [6.07, 6.45) is 2.63. The van der Waals surface area contributed by atoms with Crippen LogP contribution in [0, 0.1) is 6.92 Å². The average Bonchev–Trinajstić information content (AvgIpc) is 3.20. The van der Waals surface area contributed by atoms with Crippen molar-refractivity contribution < 1.29 is 9.47 Å². The van der Waals surface area contributed by atoms with E-state index < -0.39 is 0 Å². The third-order valence-electron chi connectivity index (χ3n) is 5.61. The van der Waals surface area contributed by atoms with Gasteiger partial charge in [-0.2, -0.15) is 0 Å². The van der Waals surface area contributed by atoms with Gasteiger partial charge in [-0.25, -0.2) is 0 Å². The number of nitrogens with zero attached hydrogens (tertiary/aromatic N) is 2. The summed E-state index contributed by atoms with van der Waals surface area (Å²) >= 11 is 0. The lowest BCUT2D eigenvalue weighted by atomic mass is 9.82. The normalized spacial score (nSPS) is 24.3. The predicted octanol–water partition coefficient (Wildman–Crippen LogP) is 3.12. The van der Waals surface area contributed by atoms with Gasteiger partial charge >= 0.3 is 0 Å². The lowest BCUT2D eigenvalue weighted by Crippen LogP contribution is -2.53. The molecule has 1 aromatic carbocycles. The molecule has 150 valence electrons. The quantitative estimate of drug-likeness (QED) is 0.636. The van der Waals surface area contributed by atoms with E-state index in [0.29, 0.717) is 0 Å². The number of benzene rings is 1. The van der Waals surface area contributed by atoms with Crippen LogP contribution in [0.15, 0.2) is 29.3 Å². The van der Waals surface area contributed by atoms with Crippen LogP contribution in [-0.2, 0) is 14.9 Å². The molecule has 0 spiro atoms. The van der Waals surface area contributed by atoms with Gasteiger partial charge in [0, 0.05) is 31.7 Å². The number of nitrogens with one attached hydrogen (secondary N) is 1. The number of aliphatic imine (C=N–C) groups is 1. The van der Waals surface area contributed by atoms with E-state index in [1.807, 2.05) is 0 Å². The second-order valence-corrected chi connectivity index (χ2v) is 8.28. The maximum atomic E-state index is 6.00. The summed E-state index contributed by atoms with van der Waals surface area (Å²) < 4.78 is 11.9. The van der Waals surface area contributed by atoms with E-state index in [4.69, 9.17) is 14.5 Å². The smallest absolute Gasteiger partial charge is 0.194 e. The highest BCUT2D eigenvalue weighted by Crippen LogP contribution is 2.27. The summed E-state index contributed by atoms with van der Waals surface area (Å²) in [5, 5.41) is 3.48. The van der Waals surface area contributed by atoms with Crippen molar-refractivity contribution in [2.24, 2.45) is 4.99 Å². The first kappa shape index (κ1) is 20.2. The van der Waals surface area contributed by atoms with E-state index in [2.05, 4.69) is 62.2 Å². The molecule has 0 radical (unpaired) electrons. The summed E-state index contributed by atoms with van der Waals surface area (Å²) in [5.41, 5.74) is 2.68. The largest absolute Gasteiger partial charge is 0.375 e. The minimum Gasteiger partial charge on any atom is -0.375 e. The van der Waals surface area contributed by atoms with E-state index in [0.717, 1.165) is 58.2 Å². The summed E-state index contributed by atoms with van der Waals surface area (Å²) in [6, 6.07) is 8.62. The molecule has 3 rings (SSSR count). The molecule has 0 aliphatic carbocycles. The number of hydrogen-bond donors (Lipinski definition) is 1. The van der Waals surface area contributed by atoms with Gasteiger partial charge in [0.2, 0.25) is 0 Å². The molecule has 2 aliphatic rings. The van der Waals surface area contributed by atoms with Crippen LogP contribution in [0.5, 0.6) is 0 Å². The maximum Gasteiger partial charge on any atom is 0.194 e. The van der Waals surface area contributed by atoms with Gasteiger partial charge < -0.3 is 19.7 Å². The number of aryl methyl sites for hydroxylation is 1. The summed E-state index contributed by atoms with van der Waals surface area (Å²) in [4.78, 5) is 7.36. The molecule has 2 unspecified atom stereocenters. The van der Waals surface area contributed by atoms with Gasteiger partial charge in [0.15, 0.2) is 5.96 Å². The molecule has 1 N–H and O–H groups in total. The molecule has 2 aliphatic heterocycles. The fourth-order valence-electron chi connectivity index (χ4n) is 4.10. The Hall–Kier alpha value is -1.59. The predicted molar refractivity (Wildman–Crippen MR) is 110 cm³/mol. The molecule has 2 saturated heterocycles. The summed E-state index contributed by atoms with van der Waals surface area (Å²) in [6.45, 7) is 13.8. The molecular formula is C22H35N3O2. The third-order valence-corrected chi connectivity index (χ3v) is 5.61. The highest BCUT2D eigenvalue weighted by Gasteiger charge is 2.32. The first-order valence-corrected chi connectivity index (χ1v) is 10.3. The van der Waals surface area contributed by atoms with Crippen LogP contribution in [0.2, 0.25) is 0 Å². The van der Waals surface area contributed by atoms with Gasteiger partial charge in [0.05, 0.1) is 19.3 Å². The highest BCUT2D eigenvalue weighted by molar-refractivity contribution is 5.80. The van der Waals surface area contributed by atoms with Crippen molar-refractivity contribution >= 4 is 5.96 Å². The van der Waals surface area contributed by atoms with E-state index in [-0.39, 0.29) is 17.6 Å². The molecule has 2 atom stereocenters. The van der Waals surface area contributed by atoms with Crippen LogP contribution >= 0.6 is 0 Å². The second-order valence-electron chi connectivity index (χ2n) is 8.28. The summed E-state index contributed by atoms with van der Waals surface area (Å²) in [5.74, 6) is 0.991. The Bertz CT molecular complexity index is 638. The zero-order valence-corrected chi connectivity index (χ0v) is 17.3. The Labute approximate surface area is 164 Å². The van der Waals surface area contributed by atoms with Crippen molar-refractivity contribution in [3.05, 3.63) is 35.4 Å². The van der Waals surface area contributed by atoms with E-state index in [9.17, 15) is 0 Å². The fourth-order valence-corrected chi connectivity index (χ4v) is 4.10. The Kier molecular flexibility index (Phi) is 6.77. The maximum absolute atomic E-state index is 6.00. The van der Waals surface area contributed by atoms with Crippen molar-refractivity contribution in [1.82, 2.24) is 10.2 Å². The minimum absolute atomic E-state index is 0.00767. The van der Waals surface area contributed by atoms with Crippen molar-refractivity contribution in [2.75, 3.05) is 39.4 Å². The number of guanidine groups is 1. The molecule has 27 heavy (non-hydrogen) atoms. The molecule has 2 fully saturated rings. The molecule has 0 aromatic heterocycles. The topological polar surface area (TPSA) is 46.1 Å². The van der Waals surface area contributed by atoms with E-state index in [1.165, 1.54) is 11.1 Å². The molecule has 0 amide bonds. The molecule has 1 aromatic rings. The molecule has 0 bridgehead atoms. The number of hydrogen-bond acceptors (Lipinski definition) is 3. The van der Waals surface area contributed by atoms with Gasteiger partial charge in [-0.1, -0.05) is 38.1 Å². The zero-order valence-electron chi connectivity index (χ0n) is 17.3. The number of rotatable bonds is 5. The highest BCUT2D eigenvalue weighted by atomic mass is 16.5. The molecule has 5 nitrogen and oxygen atoms in total. The lowest BCUT2D eigenvalue weighted by molar-refractivity contribution is -0.0817. The van der Waals surface area contributed by atoms with Gasteiger partial charge in [0.25, 0.3) is 0 Å². The number of morpholine rings is 1. The monoisotopic (exact) mass is 373 g/mol. The van der Waals surface area contributed by atoms with Gasteiger partial charge in [-0.05, 0) is 37.8 Å².